The number of hydrogen-bond donors (Lipinski definition) is 2. The maximum Gasteiger partial charge on any atom is 0.237 e. The molecule has 5 heteroatoms. The van der Waals surface area contributed by atoms with Gasteiger partial charge >= 0.3 is 0 Å². The third-order valence-corrected chi connectivity index (χ3v) is 5.74. The lowest BCUT2D eigenvalue weighted by atomic mass is 10.1. The molecule has 1 aliphatic rings. The first kappa shape index (κ1) is 20.5. The van der Waals surface area contributed by atoms with E-state index in [0.717, 1.165) is 25.1 Å². The van der Waals surface area contributed by atoms with Gasteiger partial charge in [0.15, 0.2) is 0 Å². The van der Waals surface area contributed by atoms with Crippen LogP contribution in [-0.2, 0) is 17.9 Å². The summed E-state index contributed by atoms with van der Waals surface area (Å²) in [6.07, 6.45) is 0.745. The molecule has 1 heterocycles. The molecule has 3 aromatic carbocycles. The Balaban J connectivity index is 1.46. The molecule has 0 radical (unpaired) electrons. The predicted molar refractivity (Wildman–Crippen MR) is 118 cm³/mol. The highest BCUT2D eigenvalue weighted by atomic mass is 19.1. The molecule has 4 nitrogen and oxygen atoms in total. The number of likely N-dealkylation sites (tertiary alicyclic amines) is 1. The first-order chi connectivity index (χ1) is 14.6. The van der Waals surface area contributed by atoms with E-state index in [9.17, 15) is 9.18 Å². The Hall–Kier alpha value is -2.76. The summed E-state index contributed by atoms with van der Waals surface area (Å²) in [4.78, 5) is 14.9. The molecule has 1 amide bonds. The number of carbonyl (C=O) groups excluding carboxylic acids is 1. The quantitative estimate of drug-likeness (QED) is 0.628. The largest absolute Gasteiger partial charge is 0.355 e. The second-order valence-electron chi connectivity index (χ2n) is 7.96. The summed E-state index contributed by atoms with van der Waals surface area (Å²) in [6, 6.07) is 21.5. The van der Waals surface area contributed by atoms with Crippen molar-refractivity contribution < 1.29 is 9.18 Å². The van der Waals surface area contributed by atoms with Gasteiger partial charge in [-0.05, 0) is 53.4 Å². The molecule has 156 valence electrons. The number of benzene rings is 3. The zero-order chi connectivity index (χ0) is 20.9. The molecule has 4 rings (SSSR count). The molecule has 2 N–H and O–H groups in total. The topological polar surface area (TPSA) is 44.4 Å². The van der Waals surface area contributed by atoms with E-state index in [1.54, 1.807) is 12.1 Å². The van der Waals surface area contributed by atoms with Gasteiger partial charge in [-0.1, -0.05) is 48.5 Å². The molecule has 0 unspecified atom stereocenters. The summed E-state index contributed by atoms with van der Waals surface area (Å²) in [7, 11) is 0. The molecule has 0 spiro atoms. The lowest BCUT2D eigenvalue weighted by Gasteiger charge is -2.23. The average molecular weight is 406 g/mol. The number of likely N-dealkylation sites (N-methyl/N-ethyl adjacent to an activating group) is 1. The molecule has 30 heavy (non-hydrogen) atoms. The minimum absolute atomic E-state index is 0.0772. The van der Waals surface area contributed by atoms with E-state index in [4.69, 9.17) is 0 Å². The fraction of sp³-hybridized carbons (Fsp3) is 0.320. The van der Waals surface area contributed by atoms with Gasteiger partial charge in [0.2, 0.25) is 5.91 Å². The third kappa shape index (κ3) is 4.86. The summed E-state index contributed by atoms with van der Waals surface area (Å²) in [5.74, 6) is -0.146. The van der Waals surface area contributed by atoms with Crippen molar-refractivity contribution in [2.45, 2.75) is 38.5 Å². The lowest BCUT2D eigenvalue weighted by molar-refractivity contribution is -0.125. The number of carbonyl (C=O) groups is 1. The van der Waals surface area contributed by atoms with Crippen LogP contribution in [0.3, 0.4) is 0 Å². The van der Waals surface area contributed by atoms with Gasteiger partial charge in [0, 0.05) is 32.2 Å². The second kappa shape index (κ2) is 9.37. The van der Waals surface area contributed by atoms with Gasteiger partial charge in [-0.25, -0.2) is 4.39 Å². The Labute approximate surface area is 177 Å². The normalized spacial score (nSPS) is 19.3. The Bertz CT molecular complexity index is 1020. The number of fused-ring (bicyclic) bond motifs is 1. The number of nitrogens with zero attached hydrogens (tertiary/aromatic N) is 1. The minimum atomic E-state index is -0.223. The average Bonchev–Trinajstić information content (AvgIpc) is 3.15. The highest BCUT2D eigenvalue weighted by molar-refractivity contribution is 5.83. The molecule has 1 saturated heterocycles. The third-order valence-electron chi connectivity index (χ3n) is 5.74. The van der Waals surface area contributed by atoms with Gasteiger partial charge in [0.1, 0.15) is 5.82 Å². The van der Waals surface area contributed by atoms with Gasteiger partial charge in [0.05, 0.1) is 6.04 Å². The second-order valence-corrected chi connectivity index (χ2v) is 7.96. The first-order valence-electron chi connectivity index (χ1n) is 10.6. The van der Waals surface area contributed by atoms with Crippen molar-refractivity contribution >= 4 is 16.7 Å². The van der Waals surface area contributed by atoms with Gasteiger partial charge in [-0.15, -0.1) is 0 Å². The monoisotopic (exact) mass is 405 g/mol. The van der Waals surface area contributed by atoms with Gasteiger partial charge < -0.3 is 10.6 Å². The molecule has 0 aliphatic carbocycles. The fourth-order valence-corrected chi connectivity index (χ4v) is 4.27. The SMILES string of the molecule is CCNC(=O)[C@@H]1C[C@@H](NCc2cccc(F)c2)CN1Cc1ccc2ccccc2c1. The van der Waals surface area contributed by atoms with Gasteiger partial charge in [-0.2, -0.15) is 0 Å². The maximum atomic E-state index is 13.4. The van der Waals surface area contributed by atoms with E-state index < -0.39 is 0 Å². The van der Waals surface area contributed by atoms with Crippen molar-refractivity contribution in [2.75, 3.05) is 13.1 Å². The van der Waals surface area contributed by atoms with E-state index in [1.807, 2.05) is 25.1 Å². The van der Waals surface area contributed by atoms with Crippen LogP contribution in [0.15, 0.2) is 66.7 Å². The van der Waals surface area contributed by atoms with E-state index in [-0.39, 0.29) is 23.8 Å². The number of halogens is 1. The van der Waals surface area contributed by atoms with Crippen LogP contribution >= 0.6 is 0 Å². The molecule has 0 aromatic heterocycles. The zero-order valence-electron chi connectivity index (χ0n) is 17.3. The number of hydrogen-bond acceptors (Lipinski definition) is 3. The van der Waals surface area contributed by atoms with Crippen LogP contribution in [0.5, 0.6) is 0 Å². The van der Waals surface area contributed by atoms with Gasteiger partial charge in [0.25, 0.3) is 0 Å². The summed E-state index contributed by atoms with van der Waals surface area (Å²) in [5, 5.41) is 8.92. The summed E-state index contributed by atoms with van der Waals surface area (Å²) in [5.41, 5.74) is 2.12. The maximum absolute atomic E-state index is 13.4. The van der Waals surface area contributed by atoms with Crippen molar-refractivity contribution in [3.63, 3.8) is 0 Å². The highest BCUT2D eigenvalue weighted by Gasteiger charge is 2.36. The molecule has 2 atom stereocenters. The Morgan fingerprint density at radius 1 is 1.03 bits per heavy atom. The Kier molecular flexibility index (Phi) is 6.41. The molecule has 1 fully saturated rings. The number of nitrogens with one attached hydrogen (secondary N) is 2. The molecular weight excluding hydrogens is 377 g/mol. The van der Waals surface area contributed by atoms with E-state index in [2.05, 4.69) is 45.9 Å². The summed E-state index contributed by atoms with van der Waals surface area (Å²) >= 11 is 0. The number of amides is 1. The van der Waals surface area contributed by atoms with Crippen molar-refractivity contribution in [1.82, 2.24) is 15.5 Å². The van der Waals surface area contributed by atoms with Crippen LogP contribution < -0.4 is 10.6 Å². The molecule has 0 saturated carbocycles. The minimum Gasteiger partial charge on any atom is -0.355 e. The van der Waals surface area contributed by atoms with Crippen molar-refractivity contribution in [3.05, 3.63) is 83.7 Å². The Morgan fingerprint density at radius 3 is 2.67 bits per heavy atom. The van der Waals surface area contributed by atoms with Crippen LogP contribution in [0, 0.1) is 5.82 Å². The van der Waals surface area contributed by atoms with Crippen LogP contribution in [0.2, 0.25) is 0 Å². The van der Waals surface area contributed by atoms with E-state index in [0.29, 0.717) is 13.1 Å². The highest BCUT2D eigenvalue weighted by Crippen LogP contribution is 2.23. The molecule has 0 bridgehead atoms. The standard InChI is InChI=1S/C25H28FN3O/c1-2-27-25(30)24-14-23(28-15-18-6-5-9-22(26)13-18)17-29(24)16-19-10-11-20-7-3-4-8-21(20)12-19/h3-13,23-24,28H,2,14-17H2,1H3,(H,27,30)/t23-,24+/m1/s1. The molecule has 1 aliphatic heterocycles. The smallest absolute Gasteiger partial charge is 0.237 e. The summed E-state index contributed by atoms with van der Waals surface area (Å²) < 4.78 is 13.4. The van der Waals surface area contributed by atoms with Gasteiger partial charge in [-0.3, -0.25) is 9.69 Å². The molecular formula is C25H28FN3O. The van der Waals surface area contributed by atoms with Crippen LogP contribution in [0.1, 0.15) is 24.5 Å². The number of rotatable bonds is 7. The molecule has 3 aromatic rings. The van der Waals surface area contributed by atoms with Crippen molar-refractivity contribution in [1.29, 1.82) is 0 Å². The summed E-state index contributed by atoms with van der Waals surface area (Å²) in [6.45, 7) is 4.67. The zero-order valence-corrected chi connectivity index (χ0v) is 17.3. The predicted octanol–water partition coefficient (Wildman–Crippen LogP) is 3.85. The fourth-order valence-electron chi connectivity index (χ4n) is 4.27. The Morgan fingerprint density at radius 2 is 1.87 bits per heavy atom. The van der Waals surface area contributed by atoms with Crippen LogP contribution in [0.25, 0.3) is 10.8 Å². The van der Waals surface area contributed by atoms with E-state index in [1.165, 1.54) is 22.4 Å². The van der Waals surface area contributed by atoms with Crippen molar-refractivity contribution in [3.8, 4) is 0 Å². The first-order valence-corrected chi connectivity index (χ1v) is 10.6. The van der Waals surface area contributed by atoms with Crippen LogP contribution in [0.4, 0.5) is 4.39 Å². The van der Waals surface area contributed by atoms with Crippen LogP contribution in [-0.4, -0.2) is 36.0 Å². The van der Waals surface area contributed by atoms with Crippen molar-refractivity contribution in [2.24, 2.45) is 0 Å². The van der Waals surface area contributed by atoms with E-state index >= 15 is 0 Å². The lowest BCUT2D eigenvalue weighted by Crippen LogP contribution is -2.42.